The van der Waals surface area contributed by atoms with Crippen LogP contribution in [-0.4, -0.2) is 30.3 Å². The Kier molecular flexibility index (Phi) is 6.36. The van der Waals surface area contributed by atoms with E-state index in [1.807, 2.05) is 39.0 Å². The van der Waals surface area contributed by atoms with Gasteiger partial charge in [-0.05, 0) is 49.9 Å². The van der Waals surface area contributed by atoms with Crippen LogP contribution in [0.4, 0.5) is 0 Å². The third-order valence-corrected chi connectivity index (χ3v) is 3.12. The van der Waals surface area contributed by atoms with Gasteiger partial charge in [-0.15, -0.1) is 0 Å². The van der Waals surface area contributed by atoms with Gasteiger partial charge in [0, 0.05) is 6.54 Å². The van der Waals surface area contributed by atoms with Gasteiger partial charge in [-0.2, -0.15) is 0 Å². The van der Waals surface area contributed by atoms with E-state index >= 15 is 0 Å². The third kappa shape index (κ3) is 5.75. The lowest BCUT2D eigenvalue weighted by atomic mass is 10.1. The molecule has 0 aliphatic rings. The lowest BCUT2D eigenvalue weighted by molar-refractivity contribution is -0.123. The summed E-state index contributed by atoms with van der Waals surface area (Å²) >= 11 is 0. The highest BCUT2D eigenvalue weighted by atomic mass is 16.5. The van der Waals surface area contributed by atoms with E-state index in [-0.39, 0.29) is 18.6 Å². The maximum absolute atomic E-state index is 11.5. The lowest BCUT2D eigenvalue weighted by Gasteiger charge is -2.10. The van der Waals surface area contributed by atoms with Crippen LogP contribution in [0.5, 0.6) is 5.75 Å². The average molecular weight is 265 g/mol. The second-order valence-electron chi connectivity index (χ2n) is 4.74. The first-order valence-corrected chi connectivity index (χ1v) is 6.67. The van der Waals surface area contributed by atoms with E-state index in [9.17, 15) is 9.90 Å². The van der Waals surface area contributed by atoms with Crippen molar-refractivity contribution in [2.24, 2.45) is 0 Å². The Morgan fingerprint density at radius 2 is 2.11 bits per heavy atom. The Balaban J connectivity index is 2.28. The quantitative estimate of drug-likeness (QED) is 0.792. The number of nitrogens with one attached hydrogen (secondary N) is 1. The van der Waals surface area contributed by atoms with Gasteiger partial charge in [0.2, 0.25) is 0 Å². The zero-order chi connectivity index (χ0) is 14.3. The third-order valence-electron chi connectivity index (χ3n) is 3.12. The Morgan fingerprint density at radius 1 is 1.37 bits per heavy atom. The van der Waals surface area contributed by atoms with E-state index in [1.165, 1.54) is 5.56 Å². The summed E-state index contributed by atoms with van der Waals surface area (Å²) in [4.78, 5) is 11.5. The standard InChI is InChI=1S/C15H23NO3/c1-4-13(17)7-8-16-15(18)10-19-14-6-5-11(2)12(3)9-14/h5-6,9,13,17H,4,7-8,10H2,1-3H3,(H,16,18). The first kappa shape index (κ1) is 15.5. The Morgan fingerprint density at radius 3 is 2.74 bits per heavy atom. The summed E-state index contributed by atoms with van der Waals surface area (Å²) in [6.07, 6.45) is 0.932. The van der Waals surface area contributed by atoms with Crippen molar-refractivity contribution in [3.63, 3.8) is 0 Å². The van der Waals surface area contributed by atoms with Crippen LogP contribution in [0.3, 0.4) is 0 Å². The zero-order valence-electron chi connectivity index (χ0n) is 11.9. The molecule has 0 spiro atoms. The molecule has 4 nitrogen and oxygen atoms in total. The molecule has 19 heavy (non-hydrogen) atoms. The van der Waals surface area contributed by atoms with Crippen molar-refractivity contribution < 1.29 is 14.6 Å². The lowest BCUT2D eigenvalue weighted by Crippen LogP contribution is -2.31. The van der Waals surface area contributed by atoms with Gasteiger partial charge in [0.25, 0.3) is 5.91 Å². The molecular weight excluding hydrogens is 242 g/mol. The van der Waals surface area contributed by atoms with Crippen molar-refractivity contribution in [3.05, 3.63) is 29.3 Å². The summed E-state index contributed by atoms with van der Waals surface area (Å²) in [5.74, 6) is 0.536. The van der Waals surface area contributed by atoms with E-state index < -0.39 is 0 Å². The van der Waals surface area contributed by atoms with E-state index in [4.69, 9.17) is 4.74 Å². The first-order chi connectivity index (χ1) is 9.02. The van der Waals surface area contributed by atoms with Gasteiger partial charge in [0.05, 0.1) is 6.10 Å². The molecule has 1 atom stereocenters. The number of carbonyl (C=O) groups is 1. The number of aliphatic hydroxyl groups is 1. The molecule has 0 saturated carbocycles. The van der Waals surface area contributed by atoms with Gasteiger partial charge >= 0.3 is 0 Å². The fourth-order valence-corrected chi connectivity index (χ4v) is 1.59. The largest absolute Gasteiger partial charge is 0.484 e. The van der Waals surface area contributed by atoms with Gasteiger partial charge < -0.3 is 15.2 Å². The van der Waals surface area contributed by atoms with Crippen molar-refractivity contribution in [1.82, 2.24) is 5.32 Å². The predicted octanol–water partition coefficient (Wildman–Crippen LogP) is 1.96. The summed E-state index contributed by atoms with van der Waals surface area (Å²) in [6.45, 7) is 6.43. The number of hydrogen-bond acceptors (Lipinski definition) is 3. The number of rotatable bonds is 7. The molecule has 0 radical (unpaired) electrons. The van der Waals surface area contributed by atoms with E-state index in [1.54, 1.807) is 0 Å². The summed E-state index contributed by atoms with van der Waals surface area (Å²) in [7, 11) is 0. The number of benzene rings is 1. The molecule has 4 heteroatoms. The minimum atomic E-state index is -0.346. The van der Waals surface area contributed by atoms with Crippen LogP contribution in [0.2, 0.25) is 0 Å². The number of ether oxygens (including phenoxy) is 1. The predicted molar refractivity (Wildman–Crippen MR) is 75.3 cm³/mol. The molecule has 0 bridgehead atoms. The molecule has 0 fully saturated rings. The number of amides is 1. The summed E-state index contributed by atoms with van der Waals surface area (Å²) in [6, 6.07) is 5.75. The highest BCUT2D eigenvalue weighted by Gasteiger charge is 2.05. The Hall–Kier alpha value is -1.55. The number of carbonyl (C=O) groups excluding carboxylic acids is 1. The molecule has 2 N–H and O–H groups in total. The molecule has 1 aromatic carbocycles. The summed E-state index contributed by atoms with van der Waals surface area (Å²) in [5, 5.41) is 12.1. The van der Waals surface area contributed by atoms with Crippen LogP contribution < -0.4 is 10.1 Å². The van der Waals surface area contributed by atoms with Crippen LogP contribution in [0.1, 0.15) is 30.9 Å². The molecule has 1 aromatic rings. The molecule has 0 heterocycles. The van der Waals surface area contributed by atoms with Crippen LogP contribution >= 0.6 is 0 Å². The van der Waals surface area contributed by atoms with Crippen LogP contribution in [0, 0.1) is 13.8 Å². The molecule has 1 rings (SSSR count). The normalized spacial score (nSPS) is 12.0. The van der Waals surface area contributed by atoms with Gasteiger partial charge in [-0.25, -0.2) is 0 Å². The Bertz CT molecular complexity index is 418. The molecule has 0 aliphatic carbocycles. The highest BCUT2D eigenvalue weighted by Crippen LogP contribution is 2.16. The Labute approximate surface area is 114 Å². The van der Waals surface area contributed by atoms with E-state index in [2.05, 4.69) is 5.32 Å². The second kappa shape index (κ2) is 7.79. The maximum Gasteiger partial charge on any atom is 0.257 e. The van der Waals surface area contributed by atoms with E-state index in [0.29, 0.717) is 25.1 Å². The minimum Gasteiger partial charge on any atom is -0.484 e. The van der Waals surface area contributed by atoms with Crippen molar-refractivity contribution in [3.8, 4) is 5.75 Å². The molecule has 106 valence electrons. The first-order valence-electron chi connectivity index (χ1n) is 6.67. The van der Waals surface area contributed by atoms with Crippen LogP contribution in [0.15, 0.2) is 18.2 Å². The fraction of sp³-hybridized carbons (Fsp3) is 0.533. The second-order valence-corrected chi connectivity index (χ2v) is 4.74. The smallest absolute Gasteiger partial charge is 0.257 e. The molecule has 1 unspecified atom stereocenters. The van der Waals surface area contributed by atoms with Gasteiger partial charge in [-0.3, -0.25) is 4.79 Å². The SMILES string of the molecule is CCC(O)CCNC(=O)COc1ccc(C)c(C)c1. The average Bonchev–Trinajstić information content (AvgIpc) is 2.40. The van der Waals surface area contributed by atoms with E-state index in [0.717, 1.165) is 5.56 Å². The van der Waals surface area contributed by atoms with Crippen molar-refractivity contribution in [1.29, 1.82) is 0 Å². The van der Waals surface area contributed by atoms with Gasteiger partial charge in [-0.1, -0.05) is 13.0 Å². The molecule has 1 amide bonds. The number of hydrogen-bond donors (Lipinski definition) is 2. The van der Waals surface area contributed by atoms with Crippen molar-refractivity contribution in [2.45, 2.75) is 39.7 Å². The molecular formula is C15H23NO3. The fourth-order valence-electron chi connectivity index (χ4n) is 1.59. The summed E-state index contributed by atoms with van der Waals surface area (Å²) < 4.78 is 5.41. The van der Waals surface area contributed by atoms with Crippen LogP contribution in [0.25, 0.3) is 0 Å². The maximum atomic E-state index is 11.5. The highest BCUT2D eigenvalue weighted by molar-refractivity contribution is 5.77. The molecule has 0 saturated heterocycles. The van der Waals surface area contributed by atoms with Crippen LogP contribution in [-0.2, 0) is 4.79 Å². The number of aliphatic hydroxyl groups excluding tert-OH is 1. The molecule has 0 aromatic heterocycles. The topological polar surface area (TPSA) is 58.6 Å². The monoisotopic (exact) mass is 265 g/mol. The molecule has 0 aliphatic heterocycles. The zero-order valence-corrected chi connectivity index (χ0v) is 11.9. The number of aryl methyl sites for hydroxylation is 2. The van der Waals surface area contributed by atoms with Gasteiger partial charge in [0.1, 0.15) is 5.75 Å². The minimum absolute atomic E-state index is 0.00468. The van der Waals surface area contributed by atoms with Gasteiger partial charge in [0.15, 0.2) is 6.61 Å². The summed E-state index contributed by atoms with van der Waals surface area (Å²) in [5.41, 5.74) is 2.34. The van der Waals surface area contributed by atoms with Crippen molar-refractivity contribution >= 4 is 5.91 Å². The van der Waals surface area contributed by atoms with Crippen molar-refractivity contribution in [2.75, 3.05) is 13.2 Å².